The molecule has 29 heavy (non-hydrogen) atoms. The first-order chi connectivity index (χ1) is 13.1. The molecular weight excluding hydrogens is 433 g/mol. The van der Waals surface area contributed by atoms with Crippen LogP contribution in [0.15, 0.2) is 54.7 Å². The van der Waals surface area contributed by atoms with Crippen molar-refractivity contribution in [2.45, 2.75) is 0 Å². The van der Waals surface area contributed by atoms with Crippen LogP contribution in [-0.2, 0) is 4.79 Å². The minimum Gasteiger partial charge on any atom is -0.325 e. The van der Waals surface area contributed by atoms with Crippen LogP contribution in [0.3, 0.4) is 0 Å². The fraction of sp³-hybridized carbons (Fsp3) is 0.105. The summed E-state index contributed by atoms with van der Waals surface area (Å²) in [4.78, 5) is 31.8. The number of nitrogens with two attached hydrogens (primary N) is 1. The molecule has 0 aliphatic heterocycles. The number of nitrogens with zero attached hydrogens (tertiary/aromatic N) is 3. The molecule has 0 radical (unpaired) electrons. The monoisotopic (exact) mass is 451 g/mol. The third-order valence-corrected chi connectivity index (χ3v) is 5.20. The number of thiazole rings is 1. The van der Waals surface area contributed by atoms with Crippen molar-refractivity contribution in [2.75, 3.05) is 23.8 Å². The van der Waals surface area contributed by atoms with Crippen LogP contribution in [-0.4, -0.2) is 34.8 Å². The first kappa shape index (κ1) is 22.6. The first-order valence-electron chi connectivity index (χ1n) is 8.31. The van der Waals surface area contributed by atoms with Gasteiger partial charge in [0.25, 0.3) is 5.91 Å². The van der Waals surface area contributed by atoms with Gasteiger partial charge in [0.2, 0.25) is 5.91 Å². The highest BCUT2D eigenvalue weighted by Crippen LogP contribution is 2.27. The lowest BCUT2D eigenvalue weighted by molar-refractivity contribution is -0.114. The van der Waals surface area contributed by atoms with Gasteiger partial charge >= 0.3 is 0 Å². The Kier molecular flexibility index (Phi) is 7.21. The highest BCUT2D eigenvalue weighted by Gasteiger charge is 2.18. The van der Waals surface area contributed by atoms with Crippen LogP contribution < -0.4 is 16.0 Å². The summed E-state index contributed by atoms with van der Waals surface area (Å²) in [5.74, 6) is -0.363. The van der Waals surface area contributed by atoms with Crippen LogP contribution in [0.25, 0.3) is 16.0 Å². The molecule has 0 fully saturated rings. The third kappa shape index (κ3) is 4.35. The highest BCUT2D eigenvalue weighted by atomic mass is 35.5. The van der Waals surface area contributed by atoms with Gasteiger partial charge in [-0.05, 0) is 30.3 Å². The molecular formula is C19H19Cl2N5O2S. The van der Waals surface area contributed by atoms with E-state index in [0.29, 0.717) is 10.6 Å². The van der Waals surface area contributed by atoms with Crippen LogP contribution in [0.1, 0.15) is 9.67 Å². The summed E-state index contributed by atoms with van der Waals surface area (Å²) in [6.07, 6.45) is 1.78. The van der Waals surface area contributed by atoms with Gasteiger partial charge in [-0.15, -0.1) is 24.8 Å². The van der Waals surface area contributed by atoms with Crippen molar-refractivity contribution < 1.29 is 9.59 Å². The number of fused-ring (bicyclic) bond motifs is 3. The smallest absolute Gasteiger partial charge is 0.269 e. The fourth-order valence-electron chi connectivity index (χ4n) is 2.83. The Morgan fingerprint density at radius 1 is 1.17 bits per heavy atom. The van der Waals surface area contributed by atoms with E-state index in [0.717, 1.165) is 21.7 Å². The van der Waals surface area contributed by atoms with Crippen molar-refractivity contribution in [3.8, 4) is 0 Å². The Morgan fingerprint density at radius 2 is 1.90 bits per heavy atom. The number of benzene rings is 2. The predicted octanol–water partition coefficient (Wildman–Crippen LogP) is 3.57. The van der Waals surface area contributed by atoms with Crippen molar-refractivity contribution in [3.05, 3.63) is 59.6 Å². The van der Waals surface area contributed by atoms with E-state index in [-0.39, 0.29) is 43.2 Å². The van der Waals surface area contributed by atoms with Crippen molar-refractivity contribution in [3.63, 3.8) is 0 Å². The molecule has 0 bridgehead atoms. The number of hydrogen-bond donors (Lipinski definition) is 2. The number of hydrogen-bond acceptors (Lipinski definition) is 5. The number of anilines is 2. The molecule has 2 aromatic carbocycles. The van der Waals surface area contributed by atoms with E-state index >= 15 is 0 Å². The molecule has 3 N–H and O–H groups in total. The maximum Gasteiger partial charge on any atom is 0.269 e. The number of para-hydroxylation sites is 1. The van der Waals surface area contributed by atoms with Gasteiger partial charge in [-0.3, -0.25) is 14.0 Å². The highest BCUT2D eigenvalue weighted by molar-refractivity contribution is 7.19. The van der Waals surface area contributed by atoms with Crippen LogP contribution in [0, 0.1) is 0 Å². The third-order valence-electron chi connectivity index (χ3n) is 4.23. The summed E-state index contributed by atoms with van der Waals surface area (Å²) >= 11 is 1.33. The topological polar surface area (TPSA) is 92.7 Å². The zero-order valence-corrected chi connectivity index (χ0v) is 17.8. The summed E-state index contributed by atoms with van der Waals surface area (Å²) in [7, 11) is 1.75. The maximum atomic E-state index is 12.8. The van der Waals surface area contributed by atoms with Gasteiger partial charge in [0.15, 0.2) is 4.96 Å². The molecule has 0 saturated heterocycles. The number of aromatic nitrogens is 2. The lowest BCUT2D eigenvalue weighted by Gasteiger charge is -2.15. The fourth-order valence-corrected chi connectivity index (χ4v) is 3.80. The van der Waals surface area contributed by atoms with Gasteiger partial charge in [-0.1, -0.05) is 29.5 Å². The van der Waals surface area contributed by atoms with Gasteiger partial charge in [-0.2, -0.15) is 0 Å². The number of nitrogens with one attached hydrogen (secondary N) is 1. The molecule has 0 spiro atoms. The Labute approximate surface area is 183 Å². The van der Waals surface area contributed by atoms with Crippen LogP contribution >= 0.6 is 36.2 Å². The lowest BCUT2D eigenvalue weighted by Crippen LogP contribution is -2.25. The number of amides is 2. The maximum absolute atomic E-state index is 12.8. The van der Waals surface area contributed by atoms with E-state index in [1.54, 1.807) is 24.2 Å². The van der Waals surface area contributed by atoms with E-state index in [1.807, 2.05) is 46.9 Å². The first-order valence-corrected chi connectivity index (χ1v) is 9.13. The standard InChI is InChI=1S/C19H17N5O2S.2ClH/c1-23(13-5-3-2-4-6-13)18(26)16-11-24-15-9-12(21-17(25)10-20)7-8-14(15)22-19(24)27-16;;/h2-9,11H,10,20H2,1H3,(H,21,25);2*1H. The molecule has 0 unspecified atom stereocenters. The Morgan fingerprint density at radius 3 is 2.59 bits per heavy atom. The number of halogens is 2. The summed E-state index contributed by atoms with van der Waals surface area (Å²) in [5, 5.41) is 2.73. The van der Waals surface area contributed by atoms with E-state index in [9.17, 15) is 9.59 Å². The largest absolute Gasteiger partial charge is 0.325 e. The van der Waals surface area contributed by atoms with Crippen LogP contribution in [0.2, 0.25) is 0 Å². The Hall–Kier alpha value is -2.65. The zero-order valence-electron chi connectivity index (χ0n) is 15.4. The van der Waals surface area contributed by atoms with E-state index in [1.165, 1.54) is 11.3 Å². The van der Waals surface area contributed by atoms with Gasteiger partial charge in [0.05, 0.1) is 17.6 Å². The van der Waals surface area contributed by atoms with E-state index in [4.69, 9.17) is 5.73 Å². The van der Waals surface area contributed by atoms with Gasteiger partial charge in [0, 0.05) is 24.6 Å². The normalized spacial score (nSPS) is 10.3. The van der Waals surface area contributed by atoms with Crippen molar-refractivity contribution in [1.82, 2.24) is 9.38 Å². The zero-order chi connectivity index (χ0) is 19.0. The average molecular weight is 452 g/mol. The molecule has 2 heterocycles. The van der Waals surface area contributed by atoms with Crippen molar-refractivity contribution in [1.29, 1.82) is 0 Å². The molecule has 4 aromatic rings. The quantitative estimate of drug-likeness (QED) is 0.495. The Bertz CT molecular complexity index is 1160. The lowest BCUT2D eigenvalue weighted by atomic mass is 10.2. The van der Waals surface area contributed by atoms with E-state index < -0.39 is 0 Å². The van der Waals surface area contributed by atoms with Crippen molar-refractivity contribution in [2.24, 2.45) is 5.73 Å². The molecule has 7 nitrogen and oxygen atoms in total. The molecule has 0 aliphatic carbocycles. The summed E-state index contributed by atoms with van der Waals surface area (Å²) in [6, 6.07) is 14.9. The number of carbonyl (C=O) groups is 2. The van der Waals surface area contributed by atoms with Crippen molar-refractivity contribution >= 4 is 75.3 Å². The second-order valence-electron chi connectivity index (χ2n) is 6.02. The molecule has 4 rings (SSSR count). The molecule has 152 valence electrons. The average Bonchev–Trinajstić information content (AvgIpc) is 3.25. The van der Waals surface area contributed by atoms with E-state index in [2.05, 4.69) is 10.3 Å². The minimum atomic E-state index is -0.263. The molecule has 2 aromatic heterocycles. The second kappa shape index (κ2) is 9.23. The van der Waals surface area contributed by atoms with Crippen LogP contribution in [0.4, 0.5) is 11.4 Å². The van der Waals surface area contributed by atoms with Gasteiger partial charge < -0.3 is 16.0 Å². The Balaban J connectivity index is 0.00000150. The molecule has 0 saturated carbocycles. The van der Waals surface area contributed by atoms with Gasteiger partial charge in [-0.25, -0.2) is 4.98 Å². The molecule has 0 atom stereocenters. The van der Waals surface area contributed by atoms with Crippen LogP contribution in [0.5, 0.6) is 0 Å². The minimum absolute atomic E-state index is 0. The SMILES string of the molecule is CN(C(=O)c1cn2c(nc3ccc(NC(=O)CN)cc32)s1)c1ccccc1.Cl.Cl. The number of rotatable bonds is 4. The summed E-state index contributed by atoms with van der Waals surface area (Å²) in [5.41, 5.74) is 8.42. The summed E-state index contributed by atoms with van der Waals surface area (Å²) < 4.78 is 1.87. The number of imidazole rings is 1. The summed E-state index contributed by atoms with van der Waals surface area (Å²) in [6.45, 7) is -0.0806. The van der Waals surface area contributed by atoms with Gasteiger partial charge in [0.1, 0.15) is 4.88 Å². The second-order valence-corrected chi connectivity index (χ2v) is 7.02. The number of carbonyl (C=O) groups excluding carboxylic acids is 2. The molecule has 10 heteroatoms. The molecule has 0 aliphatic rings. The molecule has 2 amide bonds. The predicted molar refractivity (Wildman–Crippen MR) is 122 cm³/mol.